The Morgan fingerprint density at radius 1 is 1.36 bits per heavy atom. The Labute approximate surface area is 135 Å². The summed E-state index contributed by atoms with van der Waals surface area (Å²) in [7, 11) is 1.66. The van der Waals surface area contributed by atoms with E-state index in [0.29, 0.717) is 26.0 Å². The minimum atomic E-state index is 0.0709. The van der Waals surface area contributed by atoms with E-state index in [1.165, 1.54) is 11.1 Å². The molecule has 0 saturated heterocycles. The van der Waals surface area contributed by atoms with Gasteiger partial charge in [-0.3, -0.25) is 4.79 Å². The third-order valence-electron chi connectivity index (χ3n) is 3.38. The van der Waals surface area contributed by atoms with E-state index in [-0.39, 0.29) is 5.91 Å². The zero-order valence-electron chi connectivity index (χ0n) is 13.1. The van der Waals surface area contributed by atoms with Gasteiger partial charge in [0.1, 0.15) is 5.01 Å². The molecule has 0 aliphatic heterocycles. The summed E-state index contributed by atoms with van der Waals surface area (Å²) in [6.07, 6.45) is 2.00. The van der Waals surface area contributed by atoms with E-state index in [1.807, 2.05) is 17.5 Å². The van der Waals surface area contributed by atoms with Gasteiger partial charge in [0, 0.05) is 37.6 Å². The summed E-state index contributed by atoms with van der Waals surface area (Å²) >= 11 is 1.63. The van der Waals surface area contributed by atoms with E-state index in [4.69, 9.17) is 4.74 Å². The van der Waals surface area contributed by atoms with Gasteiger partial charge in [0.05, 0.1) is 5.69 Å². The van der Waals surface area contributed by atoms with Crippen LogP contribution in [0.4, 0.5) is 0 Å². The molecule has 0 atom stereocenters. The number of ether oxygens (including phenoxy) is 1. The highest BCUT2D eigenvalue weighted by atomic mass is 32.1. The molecule has 1 heterocycles. The molecular formula is C17H22N2O2S. The summed E-state index contributed by atoms with van der Waals surface area (Å²) in [5.74, 6) is 0.0709. The normalized spacial score (nSPS) is 10.6. The molecule has 2 rings (SSSR count). The molecule has 1 N–H and O–H groups in total. The summed E-state index contributed by atoms with van der Waals surface area (Å²) < 4.78 is 4.95. The second-order valence-electron chi connectivity index (χ2n) is 5.16. The van der Waals surface area contributed by atoms with Crippen LogP contribution < -0.4 is 5.32 Å². The zero-order chi connectivity index (χ0) is 15.8. The molecule has 4 nitrogen and oxygen atoms in total. The molecule has 0 saturated carbocycles. The van der Waals surface area contributed by atoms with Crippen molar-refractivity contribution in [3.05, 3.63) is 40.9 Å². The zero-order valence-corrected chi connectivity index (χ0v) is 13.9. The highest BCUT2D eigenvalue weighted by molar-refractivity contribution is 7.13. The van der Waals surface area contributed by atoms with E-state index >= 15 is 0 Å². The van der Waals surface area contributed by atoms with Gasteiger partial charge in [-0.15, -0.1) is 11.3 Å². The number of aromatic nitrogens is 1. The van der Waals surface area contributed by atoms with Gasteiger partial charge in [0.2, 0.25) is 5.91 Å². The van der Waals surface area contributed by atoms with Crippen molar-refractivity contribution in [2.24, 2.45) is 0 Å². The lowest BCUT2D eigenvalue weighted by Gasteiger charge is -2.03. The molecule has 2 aromatic rings. The van der Waals surface area contributed by atoms with Crippen LogP contribution in [0.5, 0.6) is 0 Å². The van der Waals surface area contributed by atoms with Crippen molar-refractivity contribution in [1.82, 2.24) is 10.3 Å². The number of carbonyl (C=O) groups excluding carboxylic acids is 1. The Kier molecular flexibility index (Phi) is 6.55. The van der Waals surface area contributed by atoms with Gasteiger partial charge in [-0.05, 0) is 25.3 Å². The van der Waals surface area contributed by atoms with Crippen molar-refractivity contribution in [3.8, 4) is 10.6 Å². The topological polar surface area (TPSA) is 51.2 Å². The van der Waals surface area contributed by atoms with Crippen LogP contribution >= 0.6 is 11.3 Å². The SMILES string of the molecule is COCCCNC(=O)CCc1csc(-c2ccccc2C)n1. The lowest BCUT2D eigenvalue weighted by Crippen LogP contribution is -2.25. The van der Waals surface area contributed by atoms with Crippen molar-refractivity contribution in [3.63, 3.8) is 0 Å². The molecular weight excluding hydrogens is 296 g/mol. The maximum absolute atomic E-state index is 11.7. The molecule has 118 valence electrons. The second kappa shape index (κ2) is 8.66. The van der Waals surface area contributed by atoms with Gasteiger partial charge >= 0.3 is 0 Å². The number of benzene rings is 1. The molecule has 1 amide bonds. The van der Waals surface area contributed by atoms with Crippen molar-refractivity contribution in [2.75, 3.05) is 20.3 Å². The molecule has 22 heavy (non-hydrogen) atoms. The van der Waals surface area contributed by atoms with E-state index in [2.05, 4.69) is 29.4 Å². The number of carbonyl (C=O) groups is 1. The smallest absolute Gasteiger partial charge is 0.220 e. The predicted octanol–water partition coefficient (Wildman–Crippen LogP) is 3.20. The summed E-state index contributed by atoms with van der Waals surface area (Å²) in [6.45, 7) is 3.42. The number of nitrogens with zero attached hydrogens (tertiary/aromatic N) is 1. The summed E-state index contributed by atoms with van der Waals surface area (Å²) in [5.41, 5.74) is 3.37. The Hall–Kier alpha value is -1.72. The lowest BCUT2D eigenvalue weighted by molar-refractivity contribution is -0.121. The quantitative estimate of drug-likeness (QED) is 0.760. The number of hydrogen-bond donors (Lipinski definition) is 1. The van der Waals surface area contributed by atoms with Crippen molar-refractivity contribution >= 4 is 17.2 Å². The highest BCUT2D eigenvalue weighted by Crippen LogP contribution is 2.26. The molecule has 1 aromatic heterocycles. The summed E-state index contributed by atoms with van der Waals surface area (Å²) in [4.78, 5) is 16.4. The fraction of sp³-hybridized carbons (Fsp3) is 0.412. The lowest BCUT2D eigenvalue weighted by atomic mass is 10.1. The Balaban J connectivity index is 1.83. The predicted molar refractivity (Wildman–Crippen MR) is 90.1 cm³/mol. The van der Waals surface area contributed by atoms with E-state index in [1.54, 1.807) is 18.4 Å². The van der Waals surface area contributed by atoms with Crippen LogP contribution in [-0.4, -0.2) is 31.2 Å². The number of hydrogen-bond acceptors (Lipinski definition) is 4. The molecule has 0 aliphatic rings. The standard InChI is InChI=1S/C17H22N2O2S/c1-13-6-3-4-7-15(13)17-19-14(12-22-17)8-9-16(20)18-10-5-11-21-2/h3-4,6-7,12H,5,8-11H2,1-2H3,(H,18,20). The number of aryl methyl sites for hydroxylation is 2. The Morgan fingerprint density at radius 3 is 2.95 bits per heavy atom. The average Bonchev–Trinajstić information content (AvgIpc) is 2.99. The van der Waals surface area contributed by atoms with Gasteiger partial charge in [-0.25, -0.2) is 4.98 Å². The minimum Gasteiger partial charge on any atom is -0.385 e. The van der Waals surface area contributed by atoms with Gasteiger partial charge in [0.25, 0.3) is 0 Å². The number of thiazole rings is 1. The highest BCUT2D eigenvalue weighted by Gasteiger charge is 2.08. The van der Waals surface area contributed by atoms with Crippen LogP contribution in [0.1, 0.15) is 24.1 Å². The van der Waals surface area contributed by atoms with E-state index in [0.717, 1.165) is 17.1 Å². The van der Waals surface area contributed by atoms with Crippen LogP contribution in [0.15, 0.2) is 29.6 Å². The second-order valence-corrected chi connectivity index (χ2v) is 6.01. The van der Waals surface area contributed by atoms with Gasteiger partial charge < -0.3 is 10.1 Å². The first-order valence-corrected chi connectivity index (χ1v) is 8.34. The maximum atomic E-state index is 11.7. The van der Waals surface area contributed by atoms with Crippen LogP contribution in [0.3, 0.4) is 0 Å². The maximum Gasteiger partial charge on any atom is 0.220 e. The number of rotatable bonds is 8. The summed E-state index contributed by atoms with van der Waals surface area (Å²) in [5, 5.41) is 5.96. The van der Waals surface area contributed by atoms with Gasteiger partial charge in [0.15, 0.2) is 0 Å². The fourth-order valence-electron chi connectivity index (χ4n) is 2.13. The van der Waals surface area contributed by atoms with Crippen molar-refractivity contribution < 1.29 is 9.53 Å². The molecule has 1 aromatic carbocycles. The molecule has 5 heteroatoms. The first-order chi connectivity index (χ1) is 10.7. The van der Waals surface area contributed by atoms with E-state index < -0.39 is 0 Å². The van der Waals surface area contributed by atoms with E-state index in [9.17, 15) is 4.79 Å². The molecule has 0 bridgehead atoms. The van der Waals surface area contributed by atoms with Crippen LogP contribution in [0.25, 0.3) is 10.6 Å². The minimum absolute atomic E-state index is 0.0709. The number of amides is 1. The third-order valence-corrected chi connectivity index (χ3v) is 4.31. The van der Waals surface area contributed by atoms with Gasteiger partial charge in [-0.2, -0.15) is 0 Å². The number of methoxy groups -OCH3 is 1. The third kappa shape index (κ3) is 4.93. The van der Waals surface area contributed by atoms with Crippen LogP contribution in [0, 0.1) is 6.92 Å². The monoisotopic (exact) mass is 318 g/mol. The van der Waals surface area contributed by atoms with Crippen LogP contribution in [-0.2, 0) is 16.0 Å². The largest absolute Gasteiger partial charge is 0.385 e. The van der Waals surface area contributed by atoms with Gasteiger partial charge in [-0.1, -0.05) is 24.3 Å². The first-order valence-electron chi connectivity index (χ1n) is 7.46. The first kappa shape index (κ1) is 16.6. The number of nitrogens with one attached hydrogen (secondary N) is 1. The van der Waals surface area contributed by atoms with Crippen LogP contribution in [0.2, 0.25) is 0 Å². The molecule has 0 fully saturated rings. The molecule has 0 aliphatic carbocycles. The molecule has 0 unspecified atom stereocenters. The molecule has 0 radical (unpaired) electrons. The fourth-order valence-corrected chi connectivity index (χ4v) is 3.08. The Morgan fingerprint density at radius 2 is 2.18 bits per heavy atom. The van der Waals surface area contributed by atoms with Crippen molar-refractivity contribution in [2.45, 2.75) is 26.2 Å². The summed E-state index contributed by atoms with van der Waals surface area (Å²) in [6, 6.07) is 8.22. The Bertz CT molecular complexity index is 610. The molecule has 0 spiro atoms. The average molecular weight is 318 g/mol. The van der Waals surface area contributed by atoms with Crippen molar-refractivity contribution in [1.29, 1.82) is 0 Å².